The van der Waals surface area contributed by atoms with Crippen molar-refractivity contribution in [2.24, 2.45) is 0 Å². The van der Waals surface area contributed by atoms with Gasteiger partial charge in [-0.25, -0.2) is 4.79 Å². The van der Waals surface area contributed by atoms with E-state index >= 15 is 0 Å². The molecule has 3 fully saturated rings. The number of hydrogen-bond acceptors (Lipinski definition) is 4. The first-order valence-electron chi connectivity index (χ1n) is 10.8. The summed E-state index contributed by atoms with van der Waals surface area (Å²) < 4.78 is 11.5. The summed E-state index contributed by atoms with van der Waals surface area (Å²) in [5.74, 6) is -0.136. The monoisotopic (exact) mass is 401 g/mol. The molecular formula is C22H31N3O4. The van der Waals surface area contributed by atoms with Crippen LogP contribution in [0.5, 0.6) is 0 Å². The summed E-state index contributed by atoms with van der Waals surface area (Å²) in [5.41, 5.74) is 1.86. The molecule has 3 aliphatic rings. The lowest BCUT2D eigenvalue weighted by Gasteiger charge is -2.37. The zero-order valence-corrected chi connectivity index (χ0v) is 17.2. The highest BCUT2D eigenvalue weighted by molar-refractivity contribution is 5.94. The smallest absolute Gasteiger partial charge is 0.317 e. The molecule has 0 bridgehead atoms. The summed E-state index contributed by atoms with van der Waals surface area (Å²) in [7, 11) is 0. The molecule has 0 saturated carbocycles. The minimum Gasteiger partial charge on any atom is -0.347 e. The van der Waals surface area contributed by atoms with Crippen molar-refractivity contribution in [2.45, 2.75) is 44.3 Å². The van der Waals surface area contributed by atoms with Crippen LogP contribution in [0.25, 0.3) is 0 Å². The van der Waals surface area contributed by atoms with Gasteiger partial charge in [0.25, 0.3) is 5.91 Å². The van der Waals surface area contributed by atoms with Gasteiger partial charge in [-0.05, 0) is 37.5 Å². The standard InChI is InChI=1S/C22H31N3O4/c1-2-23-21(27)25-10-4-7-19(16-25)17-5-3-6-18(15-17)20(26)24-11-8-22(9-12-24)28-13-14-29-22/h3,5-6,15,19H,2,4,7-14,16H2,1H3,(H,23,27). The summed E-state index contributed by atoms with van der Waals surface area (Å²) in [6.07, 6.45) is 3.47. The Hall–Kier alpha value is -2.12. The molecule has 29 heavy (non-hydrogen) atoms. The van der Waals surface area contributed by atoms with E-state index in [1.165, 1.54) is 0 Å². The number of piperidine rings is 2. The number of likely N-dealkylation sites (tertiary alicyclic amines) is 2. The van der Waals surface area contributed by atoms with E-state index in [2.05, 4.69) is 11.4 Å². The number of rotatable bonds is 3. The lowest BCUT2D eigenvalue weighted by molar-refractivity contribution is -0.181. The molecule has 7 nitrogen and oxygen atoms in total. The highest BCUT2D eigenvalue weighted by atomic mass is 16.7. The molecule has 1 aromatic carbocycles. The van der Waals surface area contributed by atoms with Crippen LogP contribution in [0.15, 0.2) is 24.3 Å². The number of nitrogens with one attached hydrogen (secondary N) is 1. The molecule has 158 valence electrons. The predicted octanol–water partition coefficient (Wildman–Crippen LogP) is 2.57. The molecule has 0 aromatic heterocycles. The van der Waals surface area contributed by atoms with Crippen LogP contribution >= 0.6 is 0 Å². The van der Waals surface area contributed by atoms with Gasteiger partial charge in [-0.15, -0.1) is 0 Å². The zero-order chi connectivity index (χ0) is 20.3. The molecule has 4 rings (SSSR count). The van der Waals surface area contributed by atoms with Crippen molar-refractivity contribution in [3.63, 3.8) is 0 Å². The van der Waals surface area contributed by atoms with Crippen molar-refractivity contribution in [1.82, 2.24) is 15.1 Å². The van der Waals surface area contributed by atoms with Crippen LogP contribution in [-0.4, -0.2) is 73.5 Å². The molecule has 1 aromatic rings. The maximum absolute atomic E-state index is 13.1. The van der Waals surface area contributed by atoms with Crippen LogP contribution in [0.3, 0.4) is 0 Å². The molecule has 1 atom stereocenters. The molecule has 1 unspecified atom stereocenters. The number of carbonyl (C=O) groups excluding carboxylic acids is 2. The lowest BCUT2D eigenvalue weighted by Crippen LogP contribution is -2.47. The average Bonchev–Trinajstić information content (AvgIpc) is 3.22. The Bertz CT molecular complexity index is 737. The summed E-state index contributed by atoms with van der Waals surface area (Å²) in [6, 6.07) is 7.95. The number of carbonyl (C=O) groups is 2. The molecule has 7 heteroatoms. The third-order valence-corrected chi connectivity index (χ3v) is 6.27. The fourth-order valence-electron chi connectivity index (χ4n) is 4.64. The second-order valence-corrected chi connectivity index (χ2v) is 8.15. The number of urea groups is 1. The largest absolute Gasteiger partial charge is 0.347 e. The first-order valence-corrected chi connectivity index (χ1v) is 10.8. The Morgan fingerprint density at radius 1 is 1.14 bits per heavy atom. The van der Waals surface area contributed by atoms with Crippen LogP contribution in [0.1, 0.15) is 54.4 Å². The molecular weight excluding hydrogens is 370 g/mol. The van der Waals surface area contributed by atoms with E-state index in [1.807, 2.05) is 34.9 Å². The Morgan fingerprint density at radius 2 is 1.90 bits per heavy atom. The van der Waals surface area contributed by atoms with Crippen LogP contribution in [-0.2, 0) is 9.47 Å². The minimum atomic E-state index is -0.469. The molecule has 0 aliphatic carbocycles. The van der Waals surface area contributed by atoms with Gasteiger partial charge in [0.1, 0.15) is 0 Å². The van der Waals surface area contributed by atoms with E-state index in [0.717, 1.165) is 43.4 Å². The zero-order valence-electron chi connectivity index (χ0n) is 17.2. The molecule has 3 heterocycles. The quantitative estimate of drug-likeness (QED) is 0.845. The molecule has 1 N–H and O–H groups in total. The number of ether oxygens (including phenoxy) is 2. The maximum Gasteiger partial charge on any atom is 0.317 e. The Balaban J connectivity index is 1.40. The van der Waals surface area contributed by atoms with Crippen LogP contribution in [0, 0.1) is 0 Å². The van der Waals surface area contributed by atoms with Crippen LogP contribution < -0.4 is 5.32 Å². The van der Waals surface area contributed by atoms with Crippen molar-refractivity contribution in [2.75, 3.05) is 45.9 Å². The summed E-state index contributed by atoms with van der Waals surface area (Å²) in [5, 5.41) is 2.89. The molecule has 0 radical (unpaired) electrons. The van der Waals surface area contributed by atoms with Gasteiger partial charge in [0.15, 0.2) is 5.79 Å². The van der Waals surface area contributed by atoms with Crippen molar-refractivity contribution < 1.29 is 19.1 Å². The first kappa shape index (κ1) is 20.2. The van der Waals surface area contributed by atoms with Gasteiger partial charge in [-0.1, -0.05) is 12.1 Å². The van der Waals surface area contributed by atoms with E-state index in [9.17, 15) is 9.59 Å². The fourth-order valence-corrected chi connectivity index (χ4v) is 4.64. The molecule has 3 saturated heterocycles. The van der Waals surface area contributed by atoms with Crippen LogP contribution in [0.2, 0.25) is 0 Å². The number of hydrogen-bond donors (Lipinski definition) is 1. The molecule has 1 spiro atoms. The lowest BCUT2D eigenvalue weighted by atomic mass is 9.89. The minimum absolute atomic E-state index is 0.00280. The maximum atomic E-state index is 13.1. The Kier molecular flexibility index (Phi) is 6.06. The van der Waals surface area contributed by atoms with Gasteiger partial charge in [-0.2, -0.15) is 0 Å². The van der Waals surface area contributed by atoms with Gasteiger partial charge < -0.3 is 24.6 Å². The normalized spacial score (nSPS) is 24.0. The second-order valence-electron chi connectivity index (χ2n) is 8.15. The Morgan fingerprint density at radius 3 is 2.62 bits per heavy atom. The number of benzene rings is 1. The van der Waals surface area contributed by atoms with Crippen LogP contribution in [0.4, 0.5) is 4.79 Å². The van der Waals surface area contributed by atoms with Crippen molar-refractivity contribution in [3.05, 3.63) is 35.4 Å². The van der Waals surface area contributed by atoms with Crippen molar-refractivity contribution >= 4 is 11.9 Å². The summed E-state index contributed by atoms with van der Waals surface area (Å²) in [4.78, 5) is 29.0. The van der Waals surface area contributed by atoms with Gasteiger partial charge in [-0.3, -0.25) is 4.79 Å². The highest BCUT2D eigenvalue weighted by Crippen LogP contribution is 2.32. The van der Waals surface area contributed by atoms with E-state index in [4.69, 9.17) is 9.47 Å². The van der Waals surface area contributed by atoms with E-state index in [-0.39, 0.29) is 17.9 Å². The van der Waals surface area contributed by atoms with Gasteiger partial charge in [0.05, 0.1) is 13.2 Å². The summed E-state index contributed by atoms with van der Waals surface area (Å²) >= 11 is 0. The fraction of sp³-hybridized carbons (Fsp3) is 0.636. The van der Waals surface area contributed by atoms with Crippen molar-refractivity contribution in [3.8, 4) is 0 Å². The summed E-state index contributed by atoms with van der Waals surface area (Å²) in [6.45, 7) is 6.65. The third kappa shape index (κ3) is 4.41. The van der Waals surface area contributed by atoms with Gasteiger partial charge >= 0.3 is 6.03 Å². The van der Waals surface area contributed by atoms with Crippen molar-refractivity contribution in [1.29, 1.82) is 0 Å². The molecule has 3 amide bonds. The Labute approximate surface area is 172 Å². The van der Waals surface area contributed by atoms with Gasteiger partial charge in [0, 0.05) is 57.0 Å². The number of amides is 3. The van der Waals surface area contributed by atoms with E-state index in [0.29, 0.717) is 39.4 Å². The van der Waals surface area contributed by atoms with E-state index < -0.39 is 5.79 Å². The average molecular weight is 402 g/mol. The second kappa shape index (κ2) is 8.71. The predicted molar refractivity (Wildman–Crippen MR) is 109 cm³/mol. The first-order chi connectivity index (χ1) is 14.1. The SMILES string of the molecule is CCNC(=O)N1CCCC(c2cccc(C(=O)N3CCC4(CC3)OCCO4)c2)C1. The number of nitrogens with zero attached hydrogens (tertiary/aromatic N) is 2. The van der Waals surface area contributed by atoms with Gasteiger partial charge in [0.2, 0.25) is 0 Å². The topological polar surface area (TPSA) is 71.1 Å². The van der Waals surface area contributed by atoms with E-state index in [1.54, 1.807) is 0 Å². The molecule has 3 aliphatic heterocycles. The highest BCUT2D eigenvalue weighted by Gasteiger charge is 2.40. The third-order valence-electron chi connectivity index (χ3n) is 6.27.